The lowest BCUT2D eigenvalue weighted by molar-refractivity contribution is 0.441. The zero-order valence-electron chi connectivity index (χ0n) is 14.4. The summed E-state index contributed by atoms with van der Waals surface area (Å²) in [5.74, 6) is 0.150. The third kappa shape index (κ3) is 3.43. The molecule has 1 aromatic carbocycles. The Labute approximate surface area is 153 Å². The topological polar surface area (TPSA) is 66.1 Å². The van der Waals surface area contributed by atoms with Crippen molar-refractivity contribution in [2.45, 2.75) is 12.8 Å². The zero-order chi connectivity index (χ0) is 18.0. The van der Waals surface area contributed by atoms with E-state index in [1.165, 1.54) is 5.57 Å². The fraction of sp³-hybridized carbons (Fsp3) is 0.250. The first-order chi connectivity index (χ1) is 12.6. The van der Waals surface area contributed by atoms with Gasteiger partial charge in [0.05, 0.1) is 5.75 Å². The van der Waals surface area contributed by atoms with Gasteiger partial charge in [-0.1, -0.05) is 36.4 Å². The van der Waals surface area contributed by atoms with Crippen LogP contribution in [-0.2, 0) is 16.4 Å². The summed E-state index contributed by atoms with van der Waals surface area (Å²) in [6.45, 7) is 0.954. The Morgan fingerprint density at radius 3 is 2.73 bits per heavy atom. The lowest BCUT2D eigenvalue weighted by Gasteiger charge is -2.25. The summed E-state index contributed by atoms with van der Waals surface area (Å²) in [6, 6.07) is 13.7. The molecule has 2 aromatic heterocycles. The highest BCUT2D eigenvalue weighted by Gasteiger charge is 2.25. The molecule has 0 aliphatic carbocycles. The molecule has 1 aliphatic rings. The summed E-state index contributed by atoms with van der Waals surface area (Å²) in [5, 5.41) is 1.08. The van der Waals surface area contributed by atoms with Crippen molar-refractivity contribution in [3.05, 3.63) is 72.1 Å². The number of nitrogens with one attached hydrogen (secondary N) is 1. The van der Waals surface area contributed by atoms with E-state index in [4.69, 9.17) is 0 Å². The maximum Gasteiger partial charge on any atom is 0.214 e. The van der Waals surface area contributed by atoms with Crippen molar-refractivity contribution in [2.75, 3.05) is 18.8 Å². The maximum absolute atomic E-state index is 12.6. The molecule has 0 unspecified atom stereocenters. The van der Waals surface area contributed by atoms with Gasteiger partial charge in [0.1, 0.15) is 5.65 Å². The monoisotopic (exact) mass is 367 g/mol. The van der Waals surface area contributed by atoms with E-state index in [0.29, 0.717) is 25.9 Å². The first-order valence-corrected chi connectivity index (χ1v) is 10.4. The molecule has 3 heterocycles. The Bertz CT molecular complexity index is 1040. The van der Waals surface area contributed by atoms with Gasteiger partial charge in [0, 0.05) is 36.4 Å². The van der Waals surface area contributed by atoms with Crippen molar-refractivity contribution in [1.29, 1.82) is 0 Å². The summed E-state index contributed by atoms with van der Waals surface area (Å²) in [4.78, 5) is 7.50. The highest BCUT2D eigenvalue weighted by Crippen LogP contribution is 2.29. The SMILES string of the molecule is O=S(=O)(CCc1ccccc1)N1CC=C(c2c[nH]c3ncccc23)CC1. The van der Waals surface area contributed by atoms with Crippen LogP contribution in [0.1, 0.15) is 17.5 Å². The second kappa shape index (κ2) is 7.05. The van der Waals surface area contributed by atoms with Crippen LogP contribution in [0.2, 0.25) is 0 Å². The van der Waals surface area contributed by atoms with Gasteiger partial charge in [0.15, 0.2) is 0 Å². The Balaban J connectivity index is 1.46. The van der Waals surface area contributed by atoms with Gasteiger partial charge in [0.2, 0.25) is 10.0 Å². The number of hydrogen-bond donors (Lipinski definition) is 1. The molecule has 0 amide bonds. The summed E-state index contributed by atoms with van der Waals surface area (Å²) < 4.78 is 26.9. The number of aromatic nitrogens is 2. The third-order valence-corrected chi connectivity index (χ3v) is 6.69. The van der Waals surface area contributed by atoms with Crippen LogP contribution in [0.25, 0.3) is 16.6 Å². The number of aryl methyl sites for hydroxylation is 1. The molecule has 4 rings (SSSR count). The minimum Gasteiger partial charge on any atom is -0.346 e. The second-order valence-electron chi connectivity index (χ2n) is 6.49. The molecule has 5 nitrogen and oxygen atoms in total. The summed E-state index contributed by atoms with van der Waals surface area (Å²) in [7, 11) is -3.25. The number of rotatable bonds is 5. The molecule has 0 fully saturated rings. The van der Waals surface area contributed by atoms with Crippen LogP contribution < -0.4 is 0 Å². The van der Waals surface area contributed by atoms with Gasteiger partial charge in [-0.05, 0) is 36.1 Å². The van der Waals surface area contributed by atoms with E-state index in [1.807, 2.05) is 54.7 Å². The predicted molar refractivity (Wildman–Crippen MR) is 104 cm³/mol. The highest BCUT2D eigenvalue weighted by molar-refractivity contribution is 7.89. The quantitative estimate of drug-likeness (QED) is 0.753. The Kier molecular flexibility index (Phi) is 4.61. The number of hydrogen-bond acceptors (Lipinski definition) is 3. The van der Waals surface area contributed by atoms with E-state index < -0.39 is 10.0 Å². The summed E-state index contributed by atoms with van der Waals surface area (Å²) in [5.41, 5.74) is 4.21. The molecule has 0 bridgehead atoms. The van der Waals surface area contributed by atoms with Crippen molar-refractivity contribution >= 4 is 26.6 Å². The molecule has 0 radical (unpaired) electrons. The number of benzene rings is 1. The van der Waals surface area contributed by atoms with E-state index in [2.05, 4.69) is 9.97 Å². The smallest absolute Gasteiger partial charge is 0.214 e. The molecule has 3 aromatic rings. The van der Waals surface area contributed by atoms with Crippen molar-refractivity contribution in [2.24, 2.45) is 0 Å². The predicted octanol–water partition coefficient (Wildman–Crippen LogP) is 3.22. The lowest BCUT2D eigenvalue weighted by atomic mass is 10.0. The molecule has 1 aliphatic heterocycles. The standard InChI is InChI=1S/C20H21N3O2S/c24-26(25,14-10-16-5-2-1-3-6-16)23-12-8-17(9-13-23)19-15-22-20-18(19)7-4-11-21-20/h1-8,11,15H,9-10,12-14H2,(H,21,22). The van der Waals surface area contributed by atoms with Crippen LogP contribution >= 0.6 is 0 Å². The number of nitrogens with zero attached hydrogens (tertiary/aromatic N) is 2. The normalized spacial score (nSPS) is 15.9. The van der Waals surface area contributed by atoms with Crippen LogP contribution in [0.4, 0.5) is 0 Å². The van der Waals surface area contributed by atoms with Crippen molar-refractivity contribution in [3.8, 4) is 0 Å². The average Bonchev–Trinajstić information content (AvgIpc) is 3.12. The van der Waals surface area contributed by atoms with Gasteiger partial charge < -0.3 is 4.98 Å². The first kappa shape index (κ1) is 17.0. The van der Waals surface area contributed by atoms with E-state index >= 15 is 0 Å². The van der Waals surface area contributed by atoms with Gasteiger partial charge in [-0.3, -0.25) is 0 Å². The first-order valence-electron chi connectivity index (χ1n) is 8.77. The van der Waals surface area contributed by atoms with Crippen molar-refractivity contribution in [1.82, 2.24) is 14.3 Å². The Morgan fingerprint density at radius 1 is 1.12 bits per heavy atom. The number of fused-ring (bicyclic) bond motifs is 1. The number of aromatic amines is 1. The lowest BCUT2D eigenvalue weighted by Crippen LogP contribution is -2.36. The third-order valence-electron chi connectivity index (χ3n) is 4.85. The van der Waals surface area contributed by atoms with E-state index in [9.17, 15) is 8.42 Å². The molecule has 0 spiro atoms. The Hall–Kier alpha value is -2.44. The van der Waals surface area contributed by atoms with Crippen LogP contribution in [0.15, 0.2) is 60.9 Å². The molecule has 0 saturated carbocycles. The number of H-pyrrole nitrogens is 1. The molecule has 134 valence electrons. The van der Waals surface area contributed by atoms with Crippen LogP contribution in [-0.4, -0.2) is 41.5 Å². The van der Waals surface area contributed by atoms with Gasteiger partial charge in [-0.25, -0.2) is 13.4 Å². The summed E-state index contributed by atoms with van der Waals surface area (Å²) >= 11 is 0. The average molecular weight is 367 g/mol. The maximum atomic E-state index is 12.6. The molecular weight excluding hydrogens is 346 g/mol. The molecule has 1 N–H and O–H groups in total. The van der Waals surface area contributed by atoms with Crippen LogP contribution in [0, 0.1) is 0 Å². The van der Waals surface area contributed by atoms with E-state index in [-0.39, 0.29) is 5.75 Å². The molecule has 0 saturated heterocycles. The van der Waals surface area contributed by atoms with Crippen LogP contribution in [0.3, 0.4) is 0 Å². The second-order valence-corrected chi connectivity index (χ2v) is 8.58. The number of sulfonamides is 1. The van der Waals surface area contributed by atoms with Gasteiger partial charge in [-0.2, -0.15) is 4.31 Å². The van der Waals surface area contributed by atoms with E-state index in [1.54, 1.807) is 10.5 Å². The van der Waals surface area contributed by atoms with Crippen molar-refractivity contribution in [3.63, 3.8) is 0 Å². The number of pyridine rings is 1. The molecular formula is C20H21N3O2S. The van der Waals surface area contributed by atoms with Crippen LogP contribution in [0.5, 0.6) is 0 Å². The summed E-state index contributed by atoms with van der Waals surface area (Å²) in [6.07, 6.45) is 7.01. The van der Waals surface area contributed by atoms with Crippen molar-refractivity contribution < 1.29 is 8.42 Å². The molecule has 26 heavy (non-hydrogen) atoms. The fourth-order valence-electron chi connectivity index (χ4n) is 3.39. The minimum absolute atomic E-state index is 0.150. The highest BCUT2D eigenvalue weighted by atomic mass is 32.2. The van der Waals surface area contributed by atoms with Gasteiger partial charge in [0.25, 0.3) is 0 Å². The van der Waals surface area contributed by atoms with Gasteiger partial charge in [-0.15, -0.1) is 0 Å². The zero-order valence-corrected chi connectivity index (χ0v) is 15.2. The fourth-order valence-corrected chi connectivity index (χ4v) is 4.81. The minimum atomic E-state index is -3.25. The van der Waals surface area contributed by atoms with E-state index in [0.717, 1.165) is 22.2 Å². The molecule has 0 atom stereocenters. The Morgan fingerprint density at radius 2 is 1.96 bits per heavy atom. The van der Waals surface area contributed by atoms with Gasteiger partial charge >= 0.3 is 0 Å². The molecule has 6 heteroatoms. The largest absolute Gasteiger partial charge is 0.346 e.